The van der Waals surface area contributed by atoms with Gasteiger partial charge in [0.1, 0.15) is 5.56 Å². The molecule has 2 heterocycles. The summed E-state index contributed by atoms with van der Waals surface area (Å²) in [6.45, 7) is 0.909. The lowest BCUT2D eigenvalue weighted by atomic mass is 9.96. The van der Waals surface area contributed by atoms with E-state index in [2.05, 4.69) is 10.2 Å². The Morgan fingerprint density at radius 2 is 1.62 bits per heavy atom. The summed E-state index contributed by atoms with van der Waals surface area (Å²) in [7, 11) is 2.81. The van der Waals surface area contributed by atoms with Crippen LogP contribution < -0.4 is 9.47 Å². The summed E-state index contributed by atoms with van der Waals surface area (Å²) in [6, 6.07) is 2.59. The van der Waals surface area contributed by atoms with E-state index >= 15 is 0 Å². The first-order valence-corrected chi connectivity index (χ1v) is 9.54. The Kier molecular flexibility index (Phi) is 5.08. The fourth-order valence-corrected chi connectivity index (χ4v) is 3.60. The quantitative estimate of drug-likeness (QED) is 0.534. The minimum absolute atomic E-state index is 0.0140. The molecular weight excluding hydrogens is 380 g/mol. The molecule has 0 atom stereocenters. The summed E-state index contributed by atoms with van der Waals surface area (Å²) in [5, 5.41) is 19.8. The van der Waals surface area contributed by atoms with E-state index in [0.29, 0.717) is 43.6 Å². The van der Waals surface area contributed by atoms with Crippen molar-refractivity contribution in [2.24, 2.45) is 0 Å². The predicted molar refractivity (Wildman–Crippen MR) is 100 cm³/mol. The lowest BCUT2D eigenvalue weighted by Gasteiger charge is -2.30. The number of ether oxygens (including phenoxy) is 2. The van der Waals surface area contributed by atoms with Gasteiger partial charge < -0.3 is 18.8 Å². The van der Waals surface area contributed by atoms with Crippen molar-refractivity contribution in [2.75, 3.05) is 27.3 Å². The molecule has 1 aliphatic heterocycles. The third kappa shape index (κ3) is 3.74. The number of amides is 1. The lowest BCUT2D eigenvalue weighted by molar-refractivity contribution is -0.385. The Morgan fingerprint density at radius 1 is 1.07 bits per heavy atom. The Morgan fingerprint density at radius 3 is 2.14 bits per heavy atom. The maximum Gasteiger partial charge on any atom is 0.286 e. The van der Waals surface area contributed by atoms with Crippen LogP contribution in [0.1, 0.15) is 59.7 Å². The Bertz CT molecular complexity index is 931. The van der Waals surface area contributed by atoms with Crippen LogP contribution in [0.2, 0.25) is 0 Å². The average molecular weight is 402 g/mol. The monoisotopic (exact) mass is 402 g/mol. The standard InChI is InChI=1S/C19H22N4O6/c1-27-15-9-13(14(23(25)26)10-16(15)28-2)19(24)22-7-5-12(6-8-22)18-21-20-17(29-18)11-3-4-11/h9-12H,3-8H2,1-2H3. The van der Waals surface area contributed by atoms with Gasteiger partial charge in [-0.3, -0.25) is 14.9 Å². The van der Waals surface area contributed by atoms with Crippen molar-refractivity contribution in [1.29, 1.82) is 0 Å². The highest BCUT2D eigenvalue weighted by atomic mass is 16.6. The molecule has 2 fully saturated rings. The highest BCUT2D eigenvalue weighted by Crippen LogP contribution is 2.40. The highest BCUT2D eigenvalue weighted by molar-refractivity contribution is 5.99. The smallest absolute Gasteiger partial charge is 0.286 e. The van der Waals surface area contributed by atoms with Gasteiger partial charge in [-0.15, -0.1) is 10.2 Å². The summed E-state index contributed by atoms with van der Waals surface area (Å²) in [5.41, 5.74) is -0.319. The first-order chi connectivity index (χ1) is 14.0. The zero-order valence-electron chi connectivity index (χ0n) is 16.3. The minimum Gasteiger partial charge on any atom is -0.493 e. The number of hydrogen-bond donors (Lipinski definition) is 0. The number of hydrogen-bond acceptors (Lipinski definition) is 8. The Labute approximate surface area is 166 Å². The van der Waals surface area contributed by atoms with Crippen LogP contribution in [0.5, 0.6) is 11.5 Å². The third-order valence-electron chi connectivity index (χ3n) is 5.44. The van der Waals surface area contributed by atoms with Crippen molar-refractivity contribution in [3.8, 4) is 11.5 Å². The van der Waals surface area contributed by atoms with Crippen LogP contribution in [0.4, 0.5) is 5.69 Å². The van der Waals surface area contributed by atoms with Crippen LogP contribution in [0.15, 0.2) is 16.5 Å². The van der Waals surface area contributed by atoms with Crippen molar-refractivity contribution < 1.29 is 23.6 Å². The van der Waals surface area contributed by atoms with Crippen molar-refractivity contribution >= 4 is 11.6 Å². The fourth-order valence-electron chi connectivity index (χ4n) is 3.60. The molecule has 1 aliphatic carbocycles. The van der Waals surface area contributed by atoms with Crippen molar-refractivity contribution in [2.45, 2.75) is 37.5 Å². The summed E-state index contributed by atoms with van der Waals surface area (Å²) < 4.78 is 16.1. The van der Waals surface area contributed by atoms with Crippen LogP contribution >= 0.6 is 0 Å². The molecule has 0 bridgehead atoms. The van der Waals surface area contributed by atoms with E-state index in [9.17, 15) is 14.9 Å². The highest BCUT2D eigenvalue weighted by Gasteiger charge is 2.34. The molecule has 1 aromatic heterocycles. The molecule has 1 aromatic carbocycles. The van der Waals surface area contributed by atoms with E-state index < -0.39 is 10.8 Å². The van der Waals surface area contributed by atoms with Gasteiger partial charge in [-0.1, -0.05) is 0 Å². The maximum absolute atomic E-state index is 13.0. The number of aromatic nitrogens is 2. The number of nitro benzene ring substituents is 1. The normalized spacial score (nSPS) is 17.2. The molecule has 2 aromatic rings. The zero-order valence-corrected chi connectivity index (χ0v) is 16.3. The van der Waals surface area contributed by atoms with Gasteiger partial charge in [0.05, 0.1) is 25.2 Å². The second-order valence-electron chi connectivity index (χ2n) is 7.30. The van der Waals surface area contributed by atoms with Gasteiger partial charge in [0.15, 0.2) is 11.5 Å². The summed E-state index contributed by atoms with van der Waals surface area (Å²) in [6.07, 6.45) is 3.52. The minimum atomic E-state index is -0.584. The molecule has 0 unspecified atom stereocenters. The Hall–Kier alpha value is -3.17. The average Bonchev–Trinajstić information content (AvgIpc) is 3.48. The van der Waals surface area contributed by atoms with E-state index in [1.807, 2.05) is 0 Å². The SMILES string of the molecule is COc1cc(C(=O)N2CCC(c3nnc(C4CC4)o3)CC2)c([N+](=O)[O-])cc1OC. The number of likely N-dealkylation sites (tertiary alicyclic amines) is 1. The number of carbonyl (C=O) groups is 1. The first-order valence-electron chi connectivity index (χ1n) is 9.54. The molecule has 0 radical (unpaired) electrons. The van der Waals surface area contributed by atoms with Crippen molar-refractivity contribution in [1.82, 2.24) is 15.1 Å². The topological polar surface area (TPSA) is 121 Å². The summed E-state index contributed by atoms with van der Waals surface area (Å²) in [4.78, 5) is 25.5. The maximum atomic E-state index is 13.0. The van der Waals surface area contributed by atoms with Gasteiger partial charge in [-0.05, 0) is 25.7 Å². The lowest BCUT2D eigenvalue weighted by Crippen LogP contribution is -2.38. The van der Waals surface area contributed by atoms with E-state index in [-0.39, 0.29) is 28.7 Å². The van der Waals surface area contributed by atoms with Crippen molar-refractivity contribution in [3.05, 3.63) is 39.6 Å². The molecule has 2 aliphatic rings. The predicted octanol–water partition coefficient (Wildman–Crippen LogP) is 2.89. The molecule has 0 N–H and O–H groups in total. The van der Waals surface area contributed by atoms with Crippen LogP contribution in [0.25, 0.3) is 0 Å². The number of carbonyl (C=O) groups excluding carboxylic acids is 1. The van der Waals surface area contributed by atoms with Crippen LogP contribution in [0, 0.1) is 10.1 Å². The molecule has 1 saturated heterocycles. The first kappa shape index (κ1) is 19.2. The van der Waals surface area contributed by atoms with Crippen LogP contribution in [-0.2, 0) is 0 Å². The molecular formula is C19H22N4O6. The van der Waals surface area contributed by atoms with Gasteiger partial charge in [-0.25, -0.2) is 0 Å². The summed E-state index contributed by atoms with van der Waals surface area (Å²) >= 11 is 0. The van der Waals surface area contributed by atoms with E-state index in [1.165, 1.54) is 26.4 Å². The number of methoxy groups -OCH3 is 2. The summed E-state index contributed by atoms with van der Waals surface area (Å²) in [5.74, 6) is 1.91. The van der Waals surface area contributed by atoms with E-state index in [0.717, 1.165) is 12.8 Å². The number of nitro groups is 1. The number of nitrogens with zero attached hydrogens (tertiary/aromatic N) is 4. The van der Waals surface area contributed by atoms with Gasteiger partial charge in [0.2, 0.25) is 11.8 Å². The molecule has 10 nitrogen and oxygen atoms in total. The van der Waals surface area contributed by atoms with Gasteiger partial charge >= 0.3 is 0 Å². The zero-order chi connectivity index (χ0) is 20.5. The van der Waals surface area contributed by atoms with E-state index in [1.54, 1.807) is 4.90 Å². The van der Waals surface area contributed by atoms with E-state index in [4.69, 9.17) is 13.9 Å². The molecule has 154 valence electrons. The van der Waals surface area contributed by atoms with Crippen molar-refractivity contribution in [3.63, 3.8) is 0 Å². The second-order valence-corrected chi connectivity index (χ2v) is 7.30. The second kappa shape index (κ2) is 7.69. The van der Waals surface area contributed by atoms with Gasteiger partial charge in [-0.2, -0.15) is 0 Å². The van der Waals surface area contributed by atoms with Gasteiger partial charge in [0, 0.05) is 31.0 Å². The molecule has 1 amide bonds. The van der Waals surface area contributed by atoms with Crippen LogP contribution in [-0.4, -0.2) is 53.2 Å². The largest absolute Gasteiger partial charge is 0.493 e. The number of benzene rings is 1. The molecule has 4 rings (SSSR count). The molecule has 29 heavy (non-hydrogen) atoms. The van der Waals surface area contributed by atoms with Gasteiger partial charge in [0.25, 0.3) is 11.6 Å². The third-order valence-corrected chi connectivity index (χ3v) is 5.44. The molecule has 0 spiro atoms. The Balaban J connectivity index is 1.49. The fraction of sp³-hybridized carbons (Fsp3) is 0.526. The van der Waals surface area contributed by atoms with Crippen LogP contribution in [0.3, 0.4) is 0 Å². The number of rotatable bonds is 6. The number of piperidine rings is 1. The molecule has 10 heteroatoms. The molecule has 1 saturated carbocycles.